The van der Waals surface area contributed by atoms with Crippen molar-refractivity contribution in [2.45, 2.75) is 38.6 Å². The molecule has 1 amide bonds. The second-order valence-electron chi connectivity index (χ2n) is 7.68. The zero-order chi connectivity index (χ0) is 20.6. The van der Waals surface area contributed by atoms with Gasteiger partial charge in [0.2, 0.25) is 5.91 Å². The van der Waals surface area contributed by atoms with Gasteiger partial charge in [0.15, 0.2) is 11.6 Å². The molecule has 2 N–H and O–H groups in total. The number of benzene rings is 2. The van der Waals surface area contributed by atoms with E-state index < -0.39 is 0 Å². The molecule has 0 aliphatic carbocycles. The Morgan fingerprint density at radius 1 is 1.21 bits per heavy atom. The van der Waals surface area contributed by atoms with Gasteiger partial charge < -0.3 is 20.3 Å². The number of nitrogens with one attached hydrogen (secondary N) is 2. The van der Waals surface area contributed by atoms with Crippen LogP contribution in [0.1, 0.15) is 31.2 Å². The van der Waals surface area contributed by atoms with Crippen molar-refractivity contribution >= 4 is 17.3 Å². The van der Waals surface area contributed by atoms with Crippen molar-refractivity contribution in [1.29, 1.82) is 0 Å². The van der Waals surface area contributed by atoms with Gasteiger partial charge in [-0.3, -0.25) is 4.79 Å². The number of halogens is 1. The molecule has 1 aliphatic rings. The first kappa shape index (κ1) is 21.1. The molecule has 0 aromatic heterocycles. The topological polar surface area (TPSA) is 53.6 Å². The quantitative estimate of drug-likeness (QED) is 0.645. The number of rotatable bonds is 8. The number of ether oxygens (including phenoxy) is 1. The van der Waals surface area contributed by atoms with E-state index in [0.717, 1.165) is 42.9 Å². The molecule has 0 unspecified atom stereocenters. The summed E-state index contributed by atoms with van der Waals surface area (Å²) in [4.78, 5) is 14.7. The number of nitrogens with zero attached hydrogens (tertiary/aromatic N) is 1. The Morgan fingerprint density at radius 2 is 1.97 bits per heavy atom. The Morgan fingerprint density at radius 3 is 2.72 bits per heavy atom. The molecule has 29 heavy (non-hydrogen) atoms. The molecule has 0 atom stereocenters. The van der Waals surface area contributed by atoms with E-state index in [1.165, 1.54) is 6.07 Å². The van der Waals surface area contributed by atoms with Crippen LogP contribution in [-0.4, -0.2) is 43.6 Å². The molecule has 3 rings (SSSR count). The van der Waals surface area contributed by atoms with Gasteiger partial charge in [0.25, 0.3) is 0 Å². The molecular formula is C23H30FN3O2. The number of para-hydroxylation sites is 1. The lowest BCUT2D eigenvalue weighted by Gasteiger charge is -2.30. The highest BCUT2D eigenvalue weighted by molar-refractivity contribution is 5.92. The van der Waals surface area contributed by atoms with Crippen LogP contribution in [0.3, 0.4) is 0 Å². The molecule has 0 spiro atoms. The molecule has 156 valence electrons. The van der Waals surface area contributed by atoms with E-state index in [1.807, 2.05) is 19.1 Å². The van der Waals surface area contributed by atoms with E-state index in [2.05, 4.69) is 28.6 Å². The summed E-state index contributed by atoms with van der Waals surface area (Å²) in [6.45, 7) is 4.48. The van der Waals surface area contributed by atoms with E-state index in [1.54, 1.807) is 18.2 Å². The summed E-state index contributed by atoms with van der Waals surface area (Å²) in [5.41, 5.74) is 2.88. The number of hydrogen-bond donors (Lipinski definition) is 2. The normalized spacial score (nSPS) is 15.1. The lowest BCUT2D eigenvalue weighted by molar-refractivity contribution is -0.116. The van der Waals surface area contributed by atoms with Crippen molar-refractivity contribution in [3.63, 3.8) is 0 Å². The van der Waals surface area contributed by atoms with E-state index in [-0.39, 0.29) is 17.5 Å². The fraction of sp³-hybridized carbons (Fsp3) is 0.435. The van der Waals surface area contributed by atoms with Gasteiger partial charge in [-0.2, -0.15) is 0 Å². The minimum Gasteiger partial charge on any atom is -0.491 e. The summed E-state index contributed by atoms with van der Waals surface area (Å²) in [7, 11) is 2.15. The maximum Gasteiger partial charge on any atom is 0.224 e. The van der Waals surface area contributed by atoms with Crippen molar-refractivity contribution < 1.29 is 13.9 Å². The minimum absolute atomic E-state index is 0.0679. The Bertz CT molecular complexity index is 820. The van der Waals surface area contributed by atoms with Crippen LogP contribution in [0, 0.1) is 12.7 Å². The molecule has 5 nitrogen and oxygen atoms in total. The van der Waals surface area contributed by atoms with E-state index in [0.29, 0.717) is 25.5 Å². The van der Waals surface area contributed by atoms with Crippen LogP contribution in [0.25, 0.3) is 0 Å². The van der Waals surface area contributed by atoms with Crippen molar-refractivity contribution in [3.05, 3.63) is 53.8 Å². The maximum atomic E-state index is 13.5. The summed E-state index contributed by atoms with van der Waals surface area (Å²) < 4.78 is 18.9. The van der Waals surface area contributed by atoms with Crippen molar-refractivity contribution in [2.75, 3.05) is 37.4 Å². The second-order valence-corrected chi connectivity index (χ2v) is 7.68. The average Bonchev–Trinajstić information content (AvgIpc) is 2.71. The molecule has 0 saturated carbocycles. The number of hydrogen-bond acceptors (Lipinski definition) is 4. The molecular weight excluding hydrogens is 369 g/mol. The van der Waals surface area contributed by atoms with Crippen LogP contribution < -0.4 is 15.4 Å². The zero-order valence-electron chi connectivity index (χ0n) is 17.2. The smallest absolute Gasteiger partial charge is 0.224 e. The van der Waals surface area contributed by atoms with Crippen LogP contribution in [0.4, 0.5) is 15.8 Å². The van der Waals surface area contributed by atoms with Crippen LogP contribution in [-0.2, 0) is 4.79 Å². The highest BCUT2D eigenvalue weighted by Gasteiger charge is 2.16. The summed E-state index contributed by atoms with van der Waals surface area (Å²) in [6.07, 6.45) is 3.08. The van der Waals surface area contributed by atoms with Crippen LogP contribution in [0.15, 0.2) is 42.5 Å². The summed E-state index contributed by atoms with van der Waals surface area (Å²) in [5, 5.41) is 6.57. The summed E-state index contributed by atoms with van der Waals surface area (Å²) in [6, 6.07) is 12.8. The minimum atomic E-state index is -0.387. The third-order valence-corrected chi connectivity index (χ3v) is 5.24. The van der Waals surface area contributed by atoms with E-state index in [9.17, 15) is 9.18 Å². The Balaban J connectivity index is 1.46. The Kier molecular flexibility index (Phi) is 7.47. The SMILES string of the molecule is Cc1ccc(NC2CCN(C)CC2)cc1NC(=O)CCCOc1ccccc1F. The van der Waals surface area contributed by atoms with E-state index >= 15 is 0 Å². The maximum absolute atomic E-state index is 13.5. The molecule has 1 aliphatic heterocycles. The van der Waals surface area contributed by atoms with Crippen LogP contribution in [0.5, 0.6) is 5.75 Å². The standard InChI is InChI=1S/C23H30FN3O2/c1-17-9-10-19(25-18-11-13-27(2)14-12-18)16-21(17)26-23(28)8-5-15-29-22-7-4-3-6-20(22)24/h3-4,6-7,9-10,16,18,25H,5,8,11-15H2,1-2H3,(H,26,28). The Hall–Kier alpha value is -2.60. The second kappa shape index (κ2) is 10.3. The first-order valence-electron chi connectivity index (χ1n) is 10.2. The number of likely N-dealkylation sites (tertiary alicyclic amines) is 1. The molecule has 6 heteroatoms. The molecule has 1 heterocycles. The third-order valence-electron chi connectivity index (χ3n) is 5.24. The predicted molar refractivity (Wildman–Crippen MR) is 115 cm³/mol. The first-order chi connectivity index (χ1) is 14.0. The van der Waals surface area contributed by atoms with Crippen LogP contribution in [0.2, 0.25) is 0 Å². The van der Waals surface area contributed by atoms with Gasteiger partial charge in [0.05, 0.1) is 6.61 Å². The van der Waals surface area contributed by atoms with Gasteiger partial charge in [-0.1, -0.05) is 18.2 Å². The number of carbonyl (C=O) groups excluding carboxylic acids is 1. The summed E-state index contributed by atoms with van der Waals surface area (Å²) in [5.74, 6) is -0.236. The van der Waals surface area contributed by atoms with Gasteiger partial charge in [0, 0.05) is 23.8 Å². The van der Waals surface area contributed by atoms with Gasteiger partial charge >= 0.3 is 0 Å². The number of anilines is 2. The molecule has 2 aromatic carbocycles. The monoisotopic (exact) mass is 399 g/mol. The molecule has 0 bridgehead atoms. The van der Waals surface area contributed by atoms with Gasteiger partial charge in [-0.15, -0.1) is 0 Å². The fourth-order valence-electron chi connectivity index (χ4n) is 3.42. The van der Waals surface area contributed by atoms with Crippen molar-refractivity contribution in [3.8, 4) is 5.75 Å². The molecule has 0 radical (unpaired) electrons. The van der Waals surface area contributed by atoms with Gasteiger partial charge in [0.1, 0.15) is 0 Å². The number of amides is 1. The largest absolute Gasteiger partial charge is 0.491 e. The van der Waals surface area contributed by atoms with Crippen molar-refractivity contribution in [1.82, 2.24) is 4.90 Å². The lowest BCUT2D eigenvalue weighted by Crippen LogP contribution is -2.36. The Labute approximate surface area is 172 Å². The number of carbonyl (C=O) groups is 1. The predicted octanol–water partition coefficient (Wildman–Crippen LogP) is 4.44. The highest BCUT2D eigenvalue weighted by atomic mass is 19.1. The highest BCUT2D eigenvalue weighted by Crippen LogP contribution is 2.23. The number of aryl methyl sites for hydroxylation is 1. The average molecular weight is 400 g/mol. The zero-order valence-corrected chi connectivity index (χ0v) is 17.2. The van der Waals surface area contributed by atoms with Crippen molar-refractivity contribution in [2.24, 2.45) is 0 Å². The van der Waals surface area contributed by atoms with Gasteiger partial charge in [-0.25, -0.2) is 4.39 Å². The lowest BCUT2D eigenvalue weighted by atomic mass is 10.0. The molecule has 2 aromatic rings. The summed E-state index contributed by atoms with van der Waals surface area (Å²) >= 11 is 0. The first-order valence-corrected chi connectivity index (χ1v) is 10.2. The van der Waals surface area contributed by atoms with Gasteiger partial charge in [-0.05, 0) is 76.2 Å². The fourth-order valence-corrected chi connectivity index (χ4v) is 3.42. The molecule has 1 saturated heterocycles. The molecule has 1 fully saturated rings. The number of piperidine rings is 1. The third kappa shape index (κ3) is 6.46. The van der Waals surface area contributed by atoms with Crippen LogP contribution >= 0.6 is 0 Å². The van der Waals surface area contributed by atoms with E-state index in [4.69, 9.17) is 4.74 Å².